The molecule has 0 rings (SSSR count). The van der Waals surface area contributed by atoms with E-state index in [0.717, 1.165) is 4.90 Å². The van der Waals surface area contributed by atoms with Crippen molar-refractivity contribution in [1.82, 2.24) is 4.90 Å². The smallest absolute Gasteiger partial charge is 0.321 e. The molecule has 0 aliphatic carbocycles. The minimum absolute atomic E-state index is 0.0299. The Labute approximate surface area is 86.5 Å². The fraction of sp³-hybridized carbons (Fsp3) is 0.571. The summed E-state index contributed by atoms with van der Waals surface area (Å²) in [6, 6.07) is -2.67. The quantitative estimate of drug-likeness (QED) is 0.284. The maximum absolute atomic E-state index is 10.9. The highest BCUT2D eigenvalue weighted by Gasteiger charge is 2.24. The number of aliphatic carboxylic acids is 1. The molecule has 0 aliphatic heterocycles. The first kappa shape index (κ1) is 13.2. The molecular weight excluding hydrogens is 202 g/mol. The number of nitrogens with zero attached hydrogens (tertiary/aromatic N) is 1. The molecule has 0 fully saturated rings. The fourth-order valence-electron chi connectivity index (χ4n) is 1.15. The van der Waals surface area contributed by atoms with Crippen molar-refractivity contribution in [2.24, 2.45) is 17.2 Å². The number of nitrogens with two attached hydrogens (primary N) is 3. The van der Waals surface area contributed by atoms with Gasteiger partial charge in [-0.15, -0.1) is 0 Å². The summed E-state index contributed by atoms with van der Waals surface area (Å²) in [6.07, 6.45) is -0.0299. The van der Waals surface area contributed by atoms with Crippen molar-refractivity contribution in [2.75, 3.05) is 0 Å². The number of nitrogens with one attached hydrogen (secondary N) is 1. The topological polar surface area (TPSA) is 160 Å². The van der Waals surface area contributed by atoms with Gasteiger partial charge >= 0.3 is 12.0 Å². The average Bonchev–Trinajstić information content (AvgIpc) is 2.01. The molecule has 0 spiro atoms. The summed E-state index contributed by atoms with van der Waals surface area (Å²) in [5.74, 6) is -1.72. The van der Waals surface area contributed by atoms with Crippen LogP contribution in [0.4, 0.5) is 4.79 Å². The summed E-state index contributed by atoms with van der Waals surface area (Å²) in [4.78, 5) is 22.1. The second-order valence-electron chi connectivity index (χ2n) is 3.12. The van der Waals surface area contributed by atoms with Crippen LogP contribution in [0.15, 0.2) is 0 Å². The normalized spacial score (nSPS) is 14.0. The third-order valence-electron chi connectivity index (χ3n) is 1.85. The molecule has 0 saturated heterocycles. The SMILES string of the molecule is CC(CC(N)C(=O)O)N(C(=N)N)C(N)=O. The minimum atomic E-state index is -1.19. The Kier molecular flexibility index (Phi) is 4.52. The number of carboxylic acid groups (broad SMARTS) is 1. The highest BCUT2D eigenvalue weighted by Crippen LogP contribution is 2.05. The van der Waals surface area contributed by atoms with Crippen molar-refractivity contribution < 1.29 is 14.7 Å². The monoisotopic (exact) mass is 217 g/mol. The molecule has 8 nitrogen and oxygen atoms in total. The third kappa shape index (κ3) is 3.81. The maximum atomic E-state index is 10.9. The van der Waals surface area contributed by atoms with E-state index in [-0.39, 0.29) is 6.42 Å². The number of hydrogen-bond acceptors (Lipinski definition) is 4. The van der Waals surface area contributed by atoms with Gasteiger partial charge in [-0.2, -0.15) is 0 Å². The van der Waals surface area contributed by atoms with E-state index in [1.165, 1.54) is 6.92 Å². The van der Waals surface area contributed by atoms with Crippen LogP contribution in [0, 0.1) is 5.41 Å². The molecule has 0 heterocycles. The molecule has 0 aromatic rings. The number of urea groups is 1. The second-order valence-corrected chi connectivity index (χ2v) is 3.12. The molecule has 0 aliphatic rings. The first-order valence-electron chi connectivity index (χ1n) is 4.18. The first-order valence-corrected chi connectivity index (χ1v) is 4.18. The zero-order chi connectivity index (χ0) is 12.2. The van der Waals surface area contributed by atoms with Gasteiger partial charge in [-0.05, 0) is 13.3 Å². The van der Waals surface area contributed by atoms with Gasteiger partial charge in [0.15, 0.2) is 5.96 Å². The van der Waals surface area contributed by atoms with Crippen LogP contribution >= 0.6 is 0 Å². The van der Waals surface area contributed by atoms with Gasteiger partial charge in [0.05, 0.1) is 0 Å². The van der Waals surface area contributed by atoms with Crippen molar-refractivity contribution in [3.63, 3.8) is 0 Å². The van der Waals surface area contributed by atoms with Gasteiger partial charge in [0.2, 0.25) is 0 Å². The summed E-state index contributed by atoms with van der Waals surface area (Å²) in [7, 11) is 0. The molecule has 2 atom stereocenters. The number of hydrogen-bond donors (Lipinski definition) is 5. The van der Waals surface area contributed by atoms with Crippen molar-refractivity contribution >= 4 is 18.0 Å². The standard InChI is InChI=1S/C7H15N5O3/c1-3(2-4(8)5(13)14)12(6(9)10)7(11)15/h3-4H,2,8H2,1H3,(H3,9,10)(H2,11,15)(H,13,14). The van der Waals surface area contributed by atoms with E-state index < -0.39 is 30.0 Å². The van der Waals surface area contributed by atoms with E-state index in [0.29, 0.717) is 0 Å². The molecule has 0 saturated carbocycles. The van der Waals surface area contributed by atoms with E-state index in [9.17, 15) is 9.59 Å². The Morgan fingerprint density at radius 1 is 1.47 bits per heavy atom. The molecule has 0 aromatic heterocycles. The van der Waals surface area contributed by atoms with Crippen LogP contribution in [0.5, 0.6) is 0 Å². The Bertz CT molecular complexity index is 266. The van der Waals surface area contributed by atoms with Crippen LogP contribution in [-0.2, 0) is 4.79 Å². The van der Waals surface area contributed by atoms with Gasteiger partial charge in [-0.3, -0.25) is 15.1 Å². The van der Waals surface area contributed by atoms with Crippen LogP contribution in [0.1, 0.15) is 13.3 Å². The van der Waals surface area contributed by atoms with E-state index in [1.54, 1.807) is 0 Å². The zero-order valence-electron chi connectivity index (χ0n) is 8.30. The van der Waals surface area contributed by atoms with E-state index >= 15 is 0 Å². The van der Waals surface area contributed by atoms with Crippen molar-refractivity contribution in [3.05, 3.63) is 0 Å². The van der Waals surface area contributed by atoms with Crippen LogP contribution < -0.4 is 17.2 Å². The van der Waals surface area contributed by atoms with Gasteiger partial charge in [0, 0.05) is 6.04 Å². The van der Waals surface area contributed by atoms with Crippen LogP contribution in [0.2, 0.25) is 0 Å². The number of amides is 2. The molecule has 86 valence electrons. The van der Waals surface area contributed by atoms with Crippen molar-refractivity contribution in [3.8, 4) is 0 Å². The molecule has 2 unspecified atom stereocenters. The number of rotatable bonds is 4. The highest BCUT2D eigenvalue weighted by atomic mass is 16.4. The molecule has 0 radical (unpaired) electrons. The van der Waals surface area contributed by atoms with Crippen LogP contribution in [-0.4, -0.2) is 40.1 Å². The third-order valence-corrected chi connectivity index (χ3v) is 1.85. The Hall–Kier alpha value is -1.83. The van der Waals surface area contributed by atoms with Gasteiger partial charge in [-0.25, -0.2) is 4.79 Å². The lowest BCUT2D eigenvalue weighted by Crippen LogP contribution is -2.51. The van der Waals surface area contributed by atoms with E-state index in [2.05, 4.69) is 0 Å². The Balaban J connectivity index is 4.52. The maximum Gasteiger partial charge on any atom is 0.321 e. The largest absolute Gasteiger partial charge is 0.480 e. The minimum Gasteiger partial charge on any atom is -0.480 e. The summed E-state index contributed by atoms with van der Waals surface area (Å²) in [5, 5.41) is 15.6. The average molecular weight is 217 g/mol. The lowest BCUT2D eigenvalue weighted by atomic mass is 10.1. The van der Waals surface area contributed by atoms with Gasteiger partial charge in [0.25, 0.3) is 0 Å². The second kappa shape index (κ2) is 5.15. The fourth-order valence-corrected chi connectivity index (χ4v) is 1.15. The van der Waals surface area contributed by atoms with Gasteiger partial charge in [-0.1, -0.05) is 0 Å². The lowest BCUT2D eigenvalue weighted by molar-refractivity contribution is -0.138. The van der Waals surface area contributed by atoms with Crippen LogP contribution in [0.3, 0.4) is 0 Å². The molecule has 0 aromatic carbocycles. The number of carbonyl (C=O) groups excluding carboxylic acids is 1. The van der Waals surface area contributed by atoms with E-state index in [1.807, 2.05) is 0 Å². The zero-order valence-corrected chi connectivity index (χ0v) is 8.30. The molecule has 8 heteroatoms. The molecule has 2 amide bonds. The molecule has 8 N–H and O–H groups in total. The predicted molar refractivity (Wildman–Crippen MR) is 53.0 cm³/mol. The number of primary amides is 1. The van der Waals surface area contributed by atoms with Crippen molar-refractivity contribution in [1.29, 1.82) is 5.41 Å². The van der Waals surface area contributed by atoms with Crippen molar-refractivity contribution in [2.45, 2.75) is 25.4 Å². The summed E-state index contributed by atoms with van der Waals surface area (Å²) >= 11 is 0. The number of guanidine groups is 1. The van der Waals surface area contributed by atoms with Gasteiger partial charge < -0.3 is 22.3 Å². The number of carbonyl (C=O) groups is 2. The molecular formula is C7H15N5O3. The highest BCUT2D eigenvalue weighted by molar-refractivity contribution is 5.93. The van der Waals surface area contributed by atoms with Gasteiger partial charge in [0.1, 0.15) is 6.04 Å². The summed E-state index contributed by atoms with van der Waals surface area (Å²) in [5.41, 5.74) is 15.3. The molecule has 0 bridgehead atoms. The Morgan fingerprint density at radius 2 is 1.93 bits per heavy atom. The van der Waals surface area contributed by atoms with E-state index in [4.69, 9.17) is 27.7 Å². The predicted octanol–water partition coefficient (Wildman–Crippen LogP) is -1.55. The summed E-state index contributed by atoms with van der Waals surface area (Å²) < 4.78 is 0. The Morgan fingerprint density at radius 3 is 2.20 bits per heavy atom. The number of carboxylic acids is 1. The summed E-state index contributed by atoms with van der Waals surface area (Å²) in [6.45, 7) is 1.51. The lowest BCUT2D eigenvalue weighted by Gasteiger charge is -2.26. The first-order chi connectivity index (χ1) is 6.77. The molecule has 15 heavy (non-hydrogen) atoms. The van der Waals surface area contributed by atoms with Crippen LogP contribution in [0.25, 0.3) is 0 Å².